The molecule has 0 radical (unpaired) electrons. The van der Waals surface area contributed by atoms with Crippen LogP contribution in [0, 0.1) is 11.3 Å². The standard InChI is InChI=1S/C21H33F2N5O3/c1-5-31-20(30)21-7-6-8-28(12-15(21)11-27(14-21)10-9-25(2)3)19(29)16-13-26(4)24-17(16)18(22)23/h13,15,18H,5-12,14H2,1-4H3/t15-,21+/m1/s1. The first-order valence-corrected chi connectivity index (χ1v) is 10.8. The van der Waals surface area contributed by atoms with Gasteiger partial charge < -0.3 is 19.4 Å². The molecule has 1 amide bonds. The zero-order valence-corrected chi connectivity index (χ0v) is 18.8. The Bertz CT molecular complexity index is 800. The van der Waals surface area contributed by atoms with Crippen molar-refractivity contribution in [2.75, 3.05) is 60.0 Å². The summed E-state index contributed by atoms with van der Waals surface area (Å²) < 4.78 is 33.5. The zero-order chi connectivity index (χ0) is 22.8. The molecule has 0 saturated carbocycles. The van der Waals surface area contributed by atoms with Crippen LogP contribution in [0.4, 0.5) is 8.78 Å². The van der Waals surface area contributed by atoms with Gasteiger partial charge in [0.25, 0.3) is 12.3 Å². The number of hydrogen-bond acceptors (Lipinski definition) is 6. The average Bonchev–Trinajstić information content (AvgIpc) is 3.21. The van der Waals surface area contributed by atoms with Gasteiger partial charge in [-0.25, -0.2) is 8.78 Å². The lowest BCUT2D eigenvalue weighted by atomic mass is 9.75. The molecule has 2 aliphatic rings. The summed E-state index contributed by atoms with van der Waals surface area (Å²) in [7, 11) is 5.53. The molecule has 0 bridgehead atoms. The van der Waals surface area contributed by atoms with E-state index in [1.54, 1.807) is 11.8 Å². The van der Waals surface area contributed by atoms with Gasteiger partial charge in [0.2, 0.25) is 0 Å². The second kappa shape index (κ2) is 9.60. The normalized spacial score (nSPS) is 24.5. The van der Waals surface area contributed by atoms with Crippen molar-refractivity contribution in [1.82, 2.24) is 24.5 Å². The molecule has 0 aliphatic carbocycles. The number of rotatable bonds is 7. The highest BCUT2D eigenvalue weighted by Crippen LogP contribution is 2.44. The van der Waals surface area contributed by atoms with Crippen molar-refractivity contribution in [3.05, 3.63) is 17.5 Å². The third-order valence-electron chi connectivity index (χ3n) is 6.38. The second-order valence-electron chi connectivity index (χ2n) is 8.87. The van der Waals surface area contributed by atoms with E-state index in [1.807, 2.05) is 14.1 Å². The van der Waals surface area contributed by atoms with Crippen LogP contribution in [0.3, 0.4) is 0 Å². The van der Waals surface area contributed by atoms with Crippen LogP contribution in [-0.4, -0.2) is 96.3 Å². The van der Waals surface area contributed by atoms with Crippen molar-refractivity contribution in [2.45, 2.75) is 26.2 Å². The van der Waals surface area contributed by atoms with Crippen LogP contribution in [-0.2, 0) is 16.6 Å². The molecule has 2 atom stereocenters. The Hall–Kier alpha value is -2.07. The lowest BCUT2D eigenvalue weighted by Gasteiger charge is -2.31. The van der Waals surface area contributed by atoms with Crippen molar-refractivity contribution >= 4 is 11.9 Å². The third kappa shape index (κ3) is 4.90. The highest BCUT2D eigenvalue weighted by Gasteiger charge is 2.54. The van der Waals surface area contributed by atoms with E-state index in [0.29, 0.717) is 45.6 Å². The fraction of sp³-hybridized carbons (Fsp3) is 0.762. The molecular weight excluding hydrogens is 408 g/mol. The van der Waals surface area contributed by atoms with Gasteiger partial charge in [-0.2, -0.15) is 5.10 Å². The van der Waals surface area contributed by atoms with E-state index in [2.05, 4.69) is 14.9 Å². The number of ether oxygens (including phenoxy) is 1. The van der Waals surface area contributed by atoms with Crippen LogP contribution in [0.5, 0.6) is 0 Å². The molecule has 8 nitrogen and oxygen atoms in total. The number of likely N-dealkylation sites (N-methyl/N-ethyl adjacent to an activating group) is 1. The first kappa shape index (κ1) is 23.6. The predicted octanol–water partition coefficient (Wildman–Crippen LogP) is 1.64. The number of halogens is 2. The molecule has 0 N–H and O–H groups in total. The van der Waals surface area contributed by atoms with Gasteiger partial charge in [0.05, 0.1) is 17.6 Å². The summed E-state index contributed by atoms with van der Waals surface area (Å²) in [5, 5.41) is 3.77. The first-order chi connectivity index (χ1) is 14.7. The Morgan fingerprint density at radius 1 is 1.35 bits per heavy atom. The van der Waals surface area contributed by atoms with Gasteiger partial charge in [0, 0.05) is 58.4 Å². The van der Waals surface area contributed by atoms with Gasteiger partial charge in [0.15, 0.2) is 0 Å². The van der Waals surface area contributed by atoms with E-state index < -0.39 is 23.4 Å². The van der Waals surface area contributed by atoms with Crippen LogP contribution >= 0.6 is 0 Å². The minimum Gasteiger partial charge on any atom is -0.466 e. The molecule has 10 heteroatoms. The molecule has 2 saturated heterocycles. The highest BCUT2D eigenvalue weighted by atomic mass is 19.3. The number of esters is 1. The van der Waals surface area contributed by atoms with E-state index in [9.17, 15) is 18.4 Å². The molecule has 0 aromatic carbocycles. The minimum atomic E-state index is -2.82. The van der Waals surface area contributed by atoms with Gasteiger partial charge in [0.1, 0.15) is 5.69 Å². The number of aromatic nitrogens is 2. The Labute approximate surface area is 182 Å². The van der Waals surface area contributed by atoms with Crippen molar-refractivity contribution in [1.29, 1.82) is 0 Å². The number of aryl methyl sites for hydroxylation is 1. The van der Waals surface area contributed by atoms with E-state index in [4.69, 9.17) is 4.74 Å². The molecule has 31 heavy (non-hydrogen) atoms. The van der Waals surface area contributed by atoms with Gasteiger partial charge in [-0.1, -0.05) is 0 Å². The lowest BCUT2D eigenvalue weighted by Crippen LogP contribution is -2.43. The largest absolute Gasteiger partial charge is 0.466 e. The van der Waals surface area contributed by atoms with E-state index in [1.165, 1.54) is 17.9 Å². The van der Waals surface area contributed by atoms with Crippen molar-refractivity contribution in [3.63, 3.8) is 0 Å². The molecule has 0 spiro atoms. The Balaban J connectivity index is 1.84. The summed E-state index contributed by atoms with van der Waals surface area (Å²) in [5.41, 5.74) is -1.23. The second-order valence-corrected chi connectivity index (χ2v) is 8.87. The quantitative estimate of drug-likeness (QED) is 0.599. The minimum absolute atomic E-state index is 0.0661. The van der Waals surface area contributed by atoms with Crippen molar-refractivity contribution < 1.29 is 23.1 Å². The maximum atomic E-state index is 13.4. The molecular formula is C21H33F2N5O3. The van der Waals surface area contributed by atoms with E-state index >= 15 is 0 Å². The van der Waals surface area contributed by atoms with Crippen molar-refractivity contribution in [2.24, 2.45) is 18.4 Å². The summed E-state index contributed by atoms with van der Waals surface area (Å²) in [6.07, 6.45) is -0.232. The fourth-order valence-corrected chi connectivity index (χ4v) is 4.84. The summed E-state index contributed by atoms with van der Waals surface area (Å²) >= 11 is 0. The molecule has 174 valence electrons. The Kier molecular flexibility index (Phi) is 7.31. The van der Waals surface area contributed by atoms with Crippen LogP contribution in [0.1, 0.15) is 42.2 Å². The molecule has 2 aliphatic heterocycles. The van der Waals surface area contributed by atoms with Gasteiger partial charge >= 0.3 is 5.97 Å². The Morgan fingerprint density at radius 3 is 2.74 bits per heavy atom. The van der Waals surface area contributed by atoms with Crippen LogP contribution in [0.2, 0.25) is 0 Å². The van der Waals surface area contributed by atoms with E-state index in [-0.39, 0.29) is 17.5 Å². The number of nitrogens with zero attached hydrogens (tertiary/aromatic N) is 5. The summed E-state index contributed by atoms with van der Waals surface area (Å²) in [4.78, 5) is 32.2. The number of hydrogen-bond donors (Lipinski definition) is 0. The SMILES string of the molecule is CCOC(=O)[C@]12CCCN(C(=O)c3cn(C)nc3C(F)F)C[C@H]1CN(CCN(C)C)C2. The van der Waals surface area contributed by atoms with Crippen LogP contribution < -0.4 is 0 Å². The topological polar surface area (TPSA) is 70.9 Å². The average molecular weight is 442 g/mol. The third-order valence-corrected chi connectivity index (χ3v) is 6.38. The molecule has 1 aromatic heterocycles. The number of amides is 1. The number of carbonyl (C=O) groups is 2. The molecule has 3 heterocycles. The first-order valence-electron chi connectivity index (χ1n) is 10.8. The van der Waals surface area contributed by atoms with E-state index in [0.717, 1.165) is 13.1 Å². The van der Waals surface area contributed by atoms with Crippen LogP contribution in [0.15, 0.2) is 6.20 Å². The highest BCUT2D eigenvalue weighted by molar-refractivity contribution is 5.95. The maximum Gasteiger partial charge on any atom is 0.313 e. The molecule has 1 aromatic rings. The fourth-order valence-electron chi connectivity index (χ4n) is 4.84. The summed E-state index contributed by atoms with van der Waals surface area (Å²) in [5.74, 6) is -0.766. The van der Waals surface area contributed by atoms with Crippen LogP contribution in [0.25, 0.3) is 0 Å². The molecule has 0 unspecified atom stereocenters. The monoisotopic (exact) mass is 441 g/mol. The smallest absolute Gasteiger partial charge is 0.313 e. The maximum absolute atomic E-state index is 13.4. The zero-order valence-electron chi connectivity index (χ0n) is 18.8. The van der Waals surface area contributed by atoms with Gasteiger partial charge in [-0.05, 0) is 33.9 Å². The predicted molar refractivity (Wildman–Crippen MR) is 111 cm³/mol. The molecule has 2 fully saturated rings. The van der Waals surface area contributed by atoms with Gasteiger partial charge in [-0.3, -0.25) is 14.3 Å². The summed E-state index contributed by atoms with van der Waals surface area (Å²) in [6, 6.07) is 0. The number of carbonyl (C=O) groups excluding carboxylic acids is 2. The number of fused-ring (bicyclic) bond motifs is 1. The summed E-state index contributed by atoms with van der Waals surface area (Å²) in [6.45, 7) is 5.81. The Morgan fingerprint density at radius 2 is 2.10 bits per heavy atom. The number of alkyl halides is 2. The van der Waals surface area contributed by atoms with Gasteiger partial charge in [-0.15, -0.1) is 0 Å². The molecule has 3 rings (SSSR count). The van der Waals surface area contributed by atoms with Crippen molar-refractivity contribution in [3.8, 4) is 0 Å². The lowest BCUT2D eigenvalue weighted by molar-refractivity contribution is -0.157. The number of likely N-dealkylation sites (tertiary alicyclic amines) is 2.